The third-order valence-electron chi connectivity index (χ3n) is 3.87. The Morgan fingerprint density at radius 1 is 1.38 bits per heavy atom. The van der Waals surface area contributed by atoms with Crippen LogP contribution in [-0.2, 0) is 6.42 Å². The van der Waals surface area contributed by atoms with Gasteiger partial charge >= 0.3 is 0 Å². The fourth-order valence-corrected chi connectivity index (χ4v) is 2.49. The number of carbonyl (C=O) groups is 1. The van der Waals surface area contributed by atoms with E-state index in [2.05, 4.69) is 20.4 Å². The third kappa shape index (κ3) is 4.22. The fourth-order valence-electron chi connectivity index (χ4n) is 2.49. The summed E-state index contributed by atoms with van der Waals surface area (Å²) in [5, 5.41) is 11.5. The third-order valence-corrected chi connectivity index (χ3v) is 3.87. The van der Waals surface area contributed by atoms with Crippen LogP contribution in [0, 0.1) is 6.92 Å². The van der Waals surface area contributed by atoms with Crippen molar-refractivity contribution >= 4 is 5.91 Å². The molecule has 0 radical (unpaired) electrons. The molecule has 2 rings (SSSR count). The summed E-state index contributed by atoms with van der Waals surface area (Å²) in [4.78, 5) is 16.8. The van der Waals surface area contributed by atoms with E-state index in [0.717, 1.165) is 57.1 Å². The number of carbonyl (C=O) groups excluding carboxylic acids is 1. The van der Waals surface area contributed by atoms with Crippen molar-refractivity contribution in [3.05, 3.63) is 23.0 Å². The van der Waals surface area contributed by atoms with E-state index < -0.39 is 0 Å². The second-order valence-corrected chi connectivity index (χ2v) is 5.52. The van der Waals surface area contributed by atoms with Gasteiger partial charge in [0, 0.05) is 46.3 Å². The Hall–Kier alpha value is -1.53. The molecule has 0 aromatic carbocycles. The van der Waals surface area contributed by atoms with Crippen LogP contribution in [0.5, 0.6) is 0 Å². The number of aryl methyl sites for hydroxylation is 2. The Labute approximate surface area is 126 Å². The van der Waals surface area contributed by atoms with E-state index in [9.17, 15) is 4.79 Å². The molecule has 1 aliphatic heterocycles. The van der Waals surface area contributed by atoms with Crippen LogP contribution < -0.4 is 5.32 Å². The van der Waals surface area contributed by atoms with Gasteiger partial charge in [-0.15, -0.1) is 0 Å². The number of piperazine rings is 1. The number of hydrogen-bond donors (Lipinski definition) is 1. The summed E-state index contributed by atoms with van der Waals surface area (Å²) in [6, 6.07) is 1.84. The lowest BCUT2D eigenvalue weighted by Gasteiger charge is -2.29. The van der Waals surface area contributed by atoms with Gasteiger partial charge in [0.2, 0.25) is 0 Å². The van der Waals surface area contributed by atoms with Gasteiger partial charge in [0.25, 0.3) is 5.91 Å². The van der Waals surface area contributed by atoms with E-state index in [0.29, 0.717) is 5.56 Å². The summed E-state index contributed by atoms with van der Waals surface area (Å²) in [7, 11) is 1.86. The average molecular weight is 291 g/mol. The van der Waals surface area contributed by atoms with Crippen molar-refractivity contribution in [1.82, 2.24) is 25.3 Å². The zero-order chi connectivity index (χ0) is 15.2. The fraction of sp³-hybridized carbons (Fsp3) is 0.667. The second kappa shape index (κ2) is 7.47. The lowest BCUT2D eigenvalue weighted by Crippen LogP contribution is -2.46. The summed E-state index contributed by atoms with van der Waals surface area (Å²) < 4.78 is 0. The lowest BCUT2D eigenvalue weighted by atomic mass is 10.1. The molecule has 1 N–H and O–H groups in total. The highest BCUT2D eigenvalue weighted by molar-refractivity contribution is 5.95. The number of rotatable bonds is 5. The minimum atomic E-state index is 0.0417. The molecule has 116 valence electrons. The first-order chi connectivity index (χ1) is 10.1. The van der Waals surface area contributed by atoms with Crippen molar-refractivity contribution in [3.8, 4) is 0 Å². The normalized spacial score (nSPS) is 16.0. The molecular weight excluding hydrogens is 266 g/mol. The minimum Gasteiger partial charge on any atom is -0.340 e. The highest BCUT2D eigenvalue weighted by Gasteiger charge is 2.18. The summed E-state index contributed by atoms with van der Waals surface area (Å²) >= 11 is 0. The van der Waals surface area contributed by atoms with E-state index in [1.54, 1.807) is 4.90 Å². The molecule has 6 heteroatoms. The topological polar surface area (TPSA) is 61.4 Å². The lowest BCUT2D eigenvalue weighted by molar-refractivity contribution is 0.0773. The standard InChI is InChI=1S/C15H25N5O/c1-4-14-13(11-12(2)17-18-14)15(21)19(3)9-10-20-7-5-16-6-8-20/h11,16H,4-10H2,1-3H3. The van der Waals surface area contributed by atoms with E-state index in [4.69, 9.17) is 0 Å². The molecule has 1 saturated heterocycles. The van der Waals surface area contributed by atoms with Crippen LogP contribution in [0.25, 0.3) is 0 Å². The van der Waals surface area contributed by atoms with Gasteiger partial charge in [0.1, 0.15) is 0 Å². The van der Waals surface area contributed by atoms with Gasteiger partial charge in [-0.05, 0) is 19.4 Å². The molecule has 1 aromatic rings. The van der Waals surface area contributed by atoms with Crippen molar-refractivity contribution in [2.45, 2.75) is 20.3 Å². The van der Waals surface area contributed by atoms with Crippen LogP contribution in [0.2, 0.25) is 0 Å². The maximum atomic E-state index is 12.6. The Balaban J connectivity index is 1.96. The molecule has 0 spiro atoms. The SMILES string of the molecule is CCc1nnc(C)cc1C(=O)N(C)CCN1CCNCC1. The van der Waals surface area contributed by atoms with Crippen molar-refractivity contribution in [2.24, 2.45) is 0 Å². The number of hydrogen-bond acceptors (Lipinski definition) is 5. The van der Waals surface area contributed by atoms with Crippen LogP contribution >= 0.6 is 0 Å². The first-order valence-electron chi connectivity index (χ1n) is 7.63. The maximum Gasteiger partial charge on any atom is 0.255 e. The van der Waals surface area contributed by atoms with Gasteiger partial charge < -0.3 is 10.2 Å². The molecular formula is C15H25N5O. The predicted molar refractivity (Wildman–Crippen MR) is 82.4 cm³/mol. The monoisotopic (exact) mass is 291 g/mol. The van der Waals surface area contributed by atoms with Crippen LogP contribution in [0.1, 0.15) is 28.7 Å². The summed E-state index contributed by atoms with van der Waals surface area (Å²) in [6.45, 7) is 9.69. The van der Waals surface area contributed by atoms with E-state index in [-0.39, 0.29) is 5.91 Å². The molecule has 0 saturated carbocycles. The van der Waals surface area contributed by atoms with Gasteiger partial charge in [-0.3, -0.25) is 9.69 Å². The molecule has 0 aliphatic carbocycles. The summed E-state index contributed by atoms with van der Waals surface area (Å²) in [5.74, 6) is 0.0417. The summed E-state index contributed by atoms with van der Waals surface area (Å²) in [5.41, 5.74) is 2.25. The quantitative estimate of drug-likeness (QED) is 0.847. The highest BCUT2D eigenvalue weighted by Crippen LogP contribution is 2.10. The van der Waals surface area contributed by atoms with E-state index >= 15 is 0 Å². The van der Waals surface area contributed by atoms with E-state index in [1.807, 2.05) is 27.0 Å². The first kappa shape index (κ1) is 15.9. The molecule has 2 heterocycles. The Morgan fingerprint density at radius 2 is 2.10 bits per heavy atom. The molecule has 1 aliphatic rings. The minimum absolute atomic E-state index is 0.0417. The Kier molecular flexibility index (Phi) is 5.64. The molecule has 21 heavy (non-hydrogen) atoms. The zero-order valence-electron chi connectivity index (χ0n) is 13.2. The molecule has 1 amide bonds. The zero-order valence-corrected chi connectivity index (χ0v) is 13.2. The molecule has 1 fully saturated rings. The second-order valence-electron chi connectivity index (χ2n) is 5.52. The number of amides is 1. The molecule has 0 atom stereocenters. The smallest absolute Gasteiger partial charge is 0.255 e. The van der Waals surface area contributed by atoms with Crippen molar-refractivity contribution in [2.75, 3.05) is 46.3 Å². The number of likely N-dealkylation sites (N-methyl/N-ethyl adjacent to an activating group) is 1. The molecule has 0 unspecified atom stereocenters. The van der Waals surface area contributed by atoms with Crippen molar-refractivity contribution < 1.29 is 4.79 Å². The van der Waals surface area contributed by atoms with Crippen molar-refractivity contribution in [3.63, 3.8) is 0 Å². The van der Waals surface area contributed by atoms with Gasteiger partial charge in [0.05, 0.1) is 17.0 Å². The average Bonchev–Trinajstić information content (AvgIpc) is 2.52. The van der Waals surface area contributed by atoms with Crippen LogP contribution in [0.4, 0.5) is 0 Å². The van der Waals surface area contributed by atoms with Crippen LogP contribution in [0.3, 0.4) is 0 Å². The maximum absolute atomic E-state index is 12.6. The Bertz CT molecular complexity index is 485. The van der Waals surface area contributed by atoms with Gasteiger partial charge in [0.15, 0.2) is 0 Å². The highest BCUT2D eigenvalue weighted by atomic mass is 16.2. The van der Waals surface area contributed by atoms with Gasteiger partial charge in [-0.2, -0.15) is 10.2 Å². The predicted octanol–water partition coefficient (Wildman–Crippen LogP) is 0.325. The number of nitrogens with zero attached hydrogens (tertiary/aromatic N) is 4. The van der Waals surface area contributed by atoms with Crippen LogP contribution in [-0.4, -0.2) is 72.2 Å². The van der Waals surface area contributed by atoms with Crippen LogP contribution in [0.15, 0.2) is 6.07 Å². The first-order valence-corrected chi connectivity index (χ1v) is 7.63. The van der Waals surface area contributed by atoms with Gasteiger partial charge in [-0.25, -0.2) is 0 Å². The largest absolute Gasteiger partial charge is 0.340 e. The number of nitrogens with one attached hydrogen (secondary N) is 1. The van der Waals surface area contributed by atoms with Crippen molar-refractivity contribution in [1.29, 1.82) is 0 Å². The van der Waals surface area contributed by atoms with Gasteiger partial charge in [-0.1, -0.05) is 6.92 Å². The number of aromatic nitrogens is 2. The molecule has 6 nitrogen and oxygen atoms in total. The molecule has 0 bridgehead atoms. The van der Waals surface area contributed by atoms with E-state index in [1.165, 1.54) is 0 Å². The summed E-state index contributed by atoms with van der Waals surface area (Å²) in [6.07, 6.45) is 0.722. The Morgan fingerprint density at radius 3 is 2.76 bits per heavy atom. The molecule has 1 aromatic heterocycles.